The Hall–Kier alpha value is -1.67. The summed E-state index contributed by atoms with van der Waals surface area (Å²) in [5, 5.41) is 0. The zero-order valence-electron chi connectivity index (χ0n) is 12.7. The van der Waals surface area contributed by atoms with Crippen LogP contribution in [0.4, 0.5) is 0 Å². The maximum absolute atomic E-state index is 10.6. The van der Waals surface area contributed by atoms with E-state index >= 15 is 0 Å². The molecule has 0 saturated carbocycles. The fourth-order valence-electron chi connectivity index (χ4n) is 2.34. The standard InChI is InChI=1S/C14H22N4O3S/c1-2-3-9-17-10-7-16-14(17)18-11-8-15-13(18)6-4-5-12-22(19,20)21/h7-8,10-11H,2-6,9,12H2,1H3,(H,19,20,21). The number of H-pyrrole nitrogens is 1. The van der Waals surface area contributed by atoms with Crippen molar-refractivity contribution in [2.24, 2.45) is 0 Å². The molecule has 0 saturated heterocycles. The highest BCUT2D eigenvalue weighted by molar-refractivity contribution is 7.85. The Labute approximate surface area is 130 Å². The molecule has 1 N–H and O–H groups in total. The van der Waals surface area contributed by atoms with Crippen molar-refractivity contribution < 1.29 is 17.5 Å². The molecule has 22 heavy (non-hydrogen) atoms. The van der Waals surface area contributed by atoms with Crippen LogP contribution in [0.5, 0.6) is 0 Å². The lowest BCUT2D eigenvalue weighted by atomic mass is 10.2. The zero-order chi connectivity index (χ0) is 16.0. The molecule has 0 spiro atoms. The number of aromatic nitrogens is 4. The van der Waals surface area contributed by atoms with Gasteiger partial charge in [-0.15, -0.1) is 4.98 Å². The van der Waals surface area contributed by atoms with Gasteiger partial charge in [0.25, 0.3) is 0 Å². The van der Waals surface area contributed by atoms with Crippen molar-refractivity contribution in [3.63, 3.8) is 0 Å². The van der Waals surface area contributed by atoms with Gasteiger partial charge in [-0.1, -0.05) is 13.3 Å². The van der Waals surface area contributed by atoms with Gasteiger partial charge in [0.2, 0.25) is 0 Å². The minimum absolute atomic E-state index is 0.307. The van der Waals surface area contributed by atoms with Crippen LogP contribution in [0.15, 0.2) is 24.8 Å². The molecule has 2 aromatic rings. The monoisotopic (exact) mass is 326 g/mol. The first kappa shape index (κ1) is 16.7. The summed E-state index contributed by atoms with van der Waals surface area (Å²) in [6, 6.07) is 0. The number of nitrogens with one attached hydrogen (secondary N) is 1. The highest BCUT2D eigenvalue weighted by Gasteiger charge is 2.17. The van der Waals surface area contributed by atoms with Crippen molar-refractivity contribution in [1.29, 1.82) is 0 Å². The Bertz CT molecular complexity index is 691. The van der Waals surface area contributed by atoms with E-state index in [9.17, 15) is 13.0 Å². The summed E-state index contributed by atoms with van der Waals surface area (Å²) in [5.74, 6) is 1.49. The lowest BCUT2D eigenvalue weighted by molar-refractivity contribution is -0.612. The number of aromatic amines is 1. The van der Waals surface area contributed by atoms with Crippen LogP contribution in [0, 0.1) is 0 Å². The lowest BCUT2D eigenvalue weighted by Crippen LogP contribution is -2.37. The number of hydrogen-bond donors (Lipinski definition) is 1. The molecule has 0 aliphatic heterocycles. The van der Waals surface area contributed by atoms with E-state index in [1.807, 2.05) is 23.2 Å². The van der Waals surface area contributed by atoms with Gasteiger partial charge < -0.3 is 4.55 Å². The molecule has 122 valence electrons. The van der Waals surface area contributed by atoms with Gasteiger partial charge in [-0.25, -0.2) is 8.42 Å². The minimum Gasteiger partial charge on any atom is -0.748 e. The molecular formula is C14H22N4O3S. The number of imidazole rings is 2. The molecule has 7 nitrogen and oxygen atoms in total. The molecule has 0 aliphatic rings. The van der Waals surface area contributed by atoms with E-state index in [0.717, 1.165) is 31.2 Å². The Kier molecular flexibility index (Phi) is 5.73. The van der Waals surface area contributed by atoms with Gasteiger partial charge in [-0.05, 0) is 19.3 Å². The van der Waals surface area contributed by atoms with Crippen molar-refractivity contribution >= 4 is 10.1 Å². The highest BCUT2D eigenvalue weighted by atomic mass is 32.2. The van der Waals surface area contributed by atoms with E-state index in [2.05, 4.69) is 21.5 Å². The number of hydrogen-bond acceptors (Lipinski definition) is 4. The van der Waals surface area contributed by atoms with Gasteiger partial charge in [0.1, 0.15) is 6.20 Å². The van der Waals surface area contributed by atoms with E-state index in [1.54, 1.807) is 6.20 Å². The Balaban J connectivity index is 2.02. The topological polar surface area (TPSA) is 94.7 Å². The third-order valence-electron chi connectivity index (χ3n) is 3.48. The second-order valence-corrected chi connectivity index (χ2v) is 6.79. The number of unbranched alkanes of at least 4 members (excludes halogenated alkanes) is 2. The van der Waals surface area contributed by atoms with Gasteiger partial charge >= 0.3 is 5.95 Å². The van der Waals surface area contributed by atoms with Crippen molar-refractivity contribution in [3.05, 3.63) is 30.6 Å². The first-order valence-electron chi connectivity index (χ1n) is 7.54. The van der Waals surface area contributed by atoms with E-state index < -0.39 is 10.1 Å². The molecule has 0 atom stereocenters. The zero-order valence-corrected chi connectivity index (χ0v) is 13.6. The van der Waals surface area contributed by atoms with Gasteiger partial charge in [-0.3, -0.25) is 9.55 Å². The Morgan fingerprint density at radius 2 is 2.18 bits per heavy atom. The number of rotatable bonds is 9. The van der Waals surface area contributed by atoms with Crippen LogP contribution in [-0.2, 0) is 23.1 Å². The summed E-state index contributed by atoms with van der Waals surface area (Å²) in [5.41, 5.74) is 0. The first-order valence-corrected chi connectivity index (χ1v) is 9.12. The highest BCUT2D eigenvalue weighted by Crippen LogP contribution is 2.05. The third-order valence-corrected chi connectivity index (χ3v) is 4.27. The molecule has 0 aromatic carbocycles. The third kappa shape index (κ3) is 4.67. The Morgan fingerprint density at radius 1 is 1.36 bits per heavy atom. The fraction of sp³-hybridized carbons (Fsp3) is 0.571. The van der Waals surface area contributed by atoms with Crippen molar-refractivity contribution in [1.82, 2.24) is 14.5 Å². The molecule has 2 heterocycles. The van der Waals surface area contributed by atoms with Crippen molar-refractivity contribution in [2.75, 3.05) is 5.75 Å². The van der Waals surface area contributed by atoms with E-state index in [-0.39, 0.29) is 5.75 Å². The SMILES string of the molecule is CCCCn1ccnc1-[n+]1cc[nH]c1CCCCS(=O)(=O)[O-]. The smallest absolute Gasteiger partial charge is 0.358 e. The lowest BCUT2D eigenvalue weighted by Gasteiger charge is -2.06. The largest absolute Gasteiger partial charge is 0.748 e. The van der Waals surface area contributed by atoms with Crippen LogP contribution < -0.4 is 4.57 Å². The second kappa shape index (κ2) is 7.55. The average Bonchev–Trinajstić information content (AvgIpc) is 3.08. The fourth-order valence-corrected chi connectivity index (χ4v) is 2.90. The number of aryl methyl sites for hydroxylation is 2. The predicted molar refractivity (Wildman–Crippen MR) is 80.5 cm³/mol. The summed E-state index contributed by atoms with van der Waals surface area (Å²) < 4.78 is 35.9. The molecule has 2 rings (SSSR count). The average molecular weight is 326 g/mol. The van der Waals surface area contributed by atoms with E-state index in [4.69, 9.17) is 0 Å². The normalized spacial score (nSPS) is 11.9. The van der Waals surface area contributed by atoms with Gasteiger partial charge in [0.15, 0.2) is 5.82 Å². The van der Waals surface area contributed by atoms with Crippen LogP contribution in [0.3, 0.4) is 0 Å². The maximum Gasteiger partial charge on any atom is 0.358 e. The van der Waals surface area contributed by atoms with Gasteiger partial charge in [0.05, 0.1) is 35.3 Å². The van der Waals surface area contributed by atoms with Crippen LogP contribution >= 0.6 is 0 Å². The van der Waals surface area contributed by atoms with Crippen molar-refractivity contribution in [3.8, 4) is 5.95 Å². The van der Waals surface area contributed by atoms with Crippen LogP contribution in [-0.4, -0.2) is 33.3 Å². The molecular weight excluding hydrogens is 304 g/mol. The van der Waals surface area contributed by atoms with Gasteiger partial charge in [0, 0.05) is 12.2 Å². The minimum atomic E-state index is -4.12. The molecule has 0 aliphatic carbocycles. The van der Waals surface area contributed by atoms with E-state index in [0.29, 0.717) is 19.3 Å². The van der Waals surface area contributed by atoms with Crippen LogP contribution in [0.1, 0.15) is 38.4 Å². The molecule has 0 amide bonds. The second-order valence-electron chi connectivity index (χ2n) is 5.27. The van der Waals surface area contributed by atoms with Crippen molar-refractivity contribution in [2.45, 2.75) is 45.6 Å². The van der Waals surface area contributed by atoms with E-state index in [1.165, 1.54) is 0 Å². The first-order chi connectivity index (χ1) is 10.5. The summed E-state index contributed by atoms with van der Waals surface area (Å²) in [6.45, 7) is 3.06. The maximum atomic E-state index is 10.6. The molecule has 8 heteroatoms. The molecule has 0 fully saturated rings. The summed E-state index contributed by atoms with van der Waals surface area (Å²) in [4.78, 5) is 7.56. The van der Waals surface area contributed by atoms with Crippen LogP contribution in [0.2, 0.25) is 0 Å². The molecule has 2 aromatic heterocycles. The van der Waals surface area contributed by atoms with Gasteiger partial charge in [-0.2, -0.15) is 4.57 Å². The summed E-state index contributed by atoms with van der Waals surface area (Å²) in [6.07, 6.45) is 11.4. The van der Waals surface area contributed by atoms with Crippen LogP contribution in [0.25, 0.3) is 5.95 Å². The molecule has 0 bridgehead atoms. The number of nitrogens with zero attached hydrogens (tertiary/aromatic N) is 3. The predicted octanol–water partition coefficient (Wildman–Crippen LogP) is 1.16. The Morgan fingerprint density at radius 3 is 2.91 bits per heavy atom. The molecule has 0 unspecified atom stereocenters. The molecule has 0 radical (unpaired) electrons. The quantitative estimate of drug-likeness (QED) is 0.425. The summed E-state index contributed by atoms with van der Waals surface area (Å²) in [7, 11) is -4.12. The summed E-state index contributed by atoms with van der Waals surface area (Å²) >= 11 is 0.